The van der Waals surface area contributed by atoms with Crippen molar-refractivity contribution < 1.29 is 27.0 Å². The Morgan fingerprint density at radius 2 is 1.67 bits per heavy atom. The number of benzene rings is 1. The van der Waals surface area contributed by atoms with Crippen LogP contribution in [0, 0.1) is 5.82 Å². The van der Waals surface area contributed by atoms with Gasteiger partial charge in [0.25, 0.3) is 0 Å². The second kappa shape index (κ2) is 5.14. The average Bonchev–Trinajstić information content (AvgIpc) is 2.87. The number of piperidine rings is 1. The molecule has 0 atom stereocenters. The molecule has 0 N–H and O–H groups in total. The molecule has 0 bridgehead atoms. The van der Waals surface area contributed by atoms with Gasteiger partial charge in [-0.3, -0.25) is 0 Å². The lowest BCUT2D eigenvalue weighted by Crippen LogP contribution is -2.45. The van der Waals surface area contributed by atoms with E-state index in [1.807, 2.05) is 0 Å². The van der Waals surface area contributed by atoms with Gasteiger partial charge in [0.2, 0.25) is 0 Å². The van der Waals surface area contributed by atoms with Crippen molar-refractivity contribution >= 4 is 5.69 Å². The van der Waals surface area contributed by atoms with Crippen molar-refractivity contribution in [1.82, 2.24) is 0 Å². The van der Waals surface area contributed by atoms with Crippen LogP contribution in [0.5, 0.6) is 0 Å². The van der Waals surface area contributed by atoms with E-state index in [2.05, 4.69) is 0 Å². The normalized spacial score (nSPS) is 22.0. The third-order valence-corrected chi connectivity index (χ3v) is 3.95. The standard InChI is InChI=1S/C14H15F4NO2/c15-11-9-10(14(16,17)18)1-2-12(11)19-5-3-13(4-6-19)20-7-8-21-13/h1-2,9H,3-8H2. The molecular weight excluding hydrogens is 290 g/mol. The maximum atomic E-state index is 13.9. The molecule has 7 heteroatoms. The zero-order valence-electron chi connectivity index (χ0n) is 11.3. The van der Waals surface area contributed by atoms with Gasteiger partial charge in [0.05, 0.1) is 24.5 Å². The van der Waals surface area contributed by atoms with E-state index in [9.17, 15) is 17.6 Å². The van der Waals surface area contributed by atoms with E-state index in [1.54, 1.807) is 4.90 Å². The van der Waals surface area contributed by atoms with Gasteiger partial charge in [-0.25, -0.2) is 4.39 Å². The van der Waals surface area contributed by atoms with Gasteiger partial charge < -0.3 is 14.4 Å². The third kappa shape index (κ3) is 2.85. The number of halogens is 4. The van der Waals surface area contributed by atoms with Crippen LogP contribution in [0.2, 0.25) is 0 Å². The van der Waals surface area contributed by atoms with Crippen LogP contribution in [0.3, 0.4) is 0 Å². The SMILES string of the molecule is Fc1cc(C(F)(F)F)ccc1N1CCC2(CC1)OCCO2. The molecule has 1 spiro atoms. The summed E-state index contributed by atoms with van der Waals surface area (Å²) in [6.07, 6.45) is -3.38. The van der Waals surface area contributed by atoms with Gasteiger partial charge in [-0.1, -0.05) is 0 Å². The van der Waals surface area contributed by atoms with Gasteiger partial charge in [0.1, 0.15) is 5.82 Å². The number of nitrogens with zero attached hydrogens (tertiary/aromatic N) is 1. The maximum Gasteiger partial charge on any atom is 0.416 e. The minimum Gasteiger partial charge on any atom is -0.369 e. The first-order valence-corrected chi connectivity index (χ1v) is 6.79. The molecule has 0 amide bonds. The van der Waals surface area contributed by atoms with Crippen LogP contribution >= 0.6 is 0 Å². The molecule has 116 valence electrons. The highest BCUT2D eigenvalue weighted by molar-refractivity contribution is 5.50. The quantitative estimate of drug-likeness (QED) is 0.744. The zero-order chi connectivity index (χ0) is 15.1. The Balaban J connectivity index is 1.73. The van der Waals surface area contributed by atoms with Crippen LogP contribution in [0.1, 0.15) is 18.4 Å². The van der Waals surface area contributed by atoms with E-state index < -0.39 is 23.3 Å². The van der Waals surface area contributed by atoms with Gasteiger partial charge >= 0.3 is 6.18 Å². The topological polar surface area (TPSA) is 21.7 Å². The third-order valence-electron chi connectivity index (χ3n) is 3.95. The van der Waals surface area contributed by atoms with Crippen LogP contribution in [0.15, 0.2) is 18.2 Å². The molecule has 1 aromatic carbocycles. The molecule has 3 nitrogen and oxygen atoms in total. The molecule has 0 aliphatic carbocycles. The molecule has 2 heterocycles. The van der Waals surface area contributed by atoms with Crippen LogP contribution in [-0.4, -0.2) is 32.1 Å². The molecule has 0 radical (unpaired) electrons. The van der Waals surface area contributed by atoms with E-state index in [0.717, 1.165) is 6.07 Å². The van der Waals surface area contributed by atoms with Crippen molar-refractivity contribution in [2.45, 2.75) is 24.8 Å². The van der Waals surface area contributed by atoms with Crippen molar-refractivity contribution in [3.05, 3.63) is 29.6 Å². The van der Waals surface area contributed by atoms with Crippen LogP contribution in [0.4, 0.5) is 23.2 Å². The van der Waals surface area contributed by atoms with E-state index in [-0.39, 0.29) is 5.69 Å². The fraction of sp³-hybridized carbons (Fsp3) is 0.571. The fourth-order valence-electron chi connectivity index (χ4n) is 2.81. The fourth-order valence-corrected chi connectivity index (χ4v) is 2.81. The van der Waals surface area contributed by atoms with E-state index in [1.165, 1.54) is 6.07 Å². The average molecular weight is 305 g/mol. The molecular formula is C14H15F4NO2. The largest absolute Gasteiger partial charge is 0.416 e. The molecule has 3 rings (SSSR count). The Hall–Kier alpha value is -1.34. The molecule has 1 aromatic rings. The Morgan fingerprint density at radius 3 is 2.19 bits per heavy atom. The van der Waals surface area contributed by atoms with Crippen molar-refractivity contribution in [2.24, 2.45) is 0 Å². The lowest BCUT2D eigenvalue weighted by Gasteiger charge is -2.38. The van der Waals surface area contributed by atoms with Gasteiger partial charge in [0.15, 0.2) is 5.79 Å². The lowest BCUT2D eigenvalue weighted by atomic mass is 10.0. The smallest absolute Gasteiger partial charge is 0.369 e. The van der Waals surface area contributed by atoms with Gasteiger partial charge in [0, 0.05) is 25.9 Å². The lowest BCUT2D eigenvalue weighted by molar-refractivity contribution is -0.169. The molecule has 2 aliphatic rings. The molecule has 0 unspecified atom stereocenters. The first-order valence-electron chi connectivity index (χ1n) is 6.79. The number of hydrogen-bond acceptors (Lipinski definition) is 3. The highest BCUT2D eigenvalue weighted by atomic mass is 19.4. The molecule has 2 aliphatic heterocycles. The van der Waals surface area contributed by atoms with Crippen molar-refractivity contribution in [3.63, 3.8) is 0 Å². The number of alkyl halides is 3. The zero-order valence-corrected chi connectivity index (χ0v) is 11.3. The van der Waals surface area contributed by atoms with E-state index >= 15 is 0 Å². The van der Waals surface area contributed by atoms with Crippen molar-refractivity contribution in [3.8, 4) is 0 Å². The summed E-state index contributed by atoms with van der Waals surface area (Å²) in [6.45, 7) is 2.08. The summed E-state index contributed by atoms with van der Waals surface area (Å²) in [5.41, 5.74) is -0.782. The second-order valence-electron chi connectivity index (χ2n) is 5.26. The van der Waals surface area contributed by atoms with Gasteiger partial charge in [-0.2, -0.15) is 13.2 Å². The summed E-state index contributed by atoms with van der Waals surface area (Å²) in [4.78, 5) is 1.73. The van der Waals surface area contributed by atoms with E-state index in [4.69, 9.17) is 9.47 Å². The molecule has 21 heavy (non-hydrogen) atoms. The summed E-state index contributed by atoms with van der Waals surface area (Å²) >= 11 is 0. The Labute approximate surface area is 119 Å². The summed E-state index contributed by atoms with van der Waals surface area (Å²) in [7, 11) is 0. The summed E-state index contributed by atoms with van der Waals surface area (Å²) in [5.74, 6) is -1.44. The number of rotatable bonds is 1. The number of ether oxygens (including phenoxy) is 2. The molecule has 0 aromatic heterocycles. The Bertz CT molecular complexity index is 516. The van der Waals surface area contributed by atoms with Crippen molar-refractivity contribution in [1.29, 1.82) is 0 Å². The van der Waals surface area contributed by atoms with Gasteiger partial charge in [-0.15, -0.1) is 0 Å². The van der Waals surface area contributed by atoms with Crippen LogP contribution < -0.4 is 4.90 Å². The second-order valence-corrected chi connectivity index (χ2v) is 5.26. The van der Waals surface area contributed by atoms with Crippen LogP contribution in [-0.2, 0) is 15.7 Å². The number of hydrogen-bond donors (Lipinski definition) is 0. The molecule has 2 saturated heterocycles. The maximum absolute atomic E-state index is 13.9. The predicted octanol–water partition coefficient (Wildman–Crippen LogP) is 3.19. The monoisotopic (exact) mass is 305 g/mol. The highest BCUT2D eigenvalue weighted by Gasteiger charge is 2.40. The van der Waals surface area contributed by atoms with Crippen LogP contribution in [0.25, 0.3) is 0 Å². The first-order chi connectivity index (χ1) is 9.90. The van der Waals surface area contributed by atoms with Gasteiger partial charge in [-0.05, 0) is 18.2 Å². The Kier molecular flexibility index (Phi) is 3.57. The molecule has 0 saturated carbocycles. The minimum absolute atomic E-state index is 0.191. The first kappa shape index (κ1) is 14.6. The Morgan fingerprint density at radius 1 is 1.05 bits per heavy atom. The predicted molar refractivity (Wildman–Crippen MR) is 67.5 cm³/mol. The summed E-state index contributed by atoms with van der Waals surface area (Å²) in [5, 5.41) is 0. The summed E-state index contributed by atoms with van der Waals surface area (Å²) in [6, 6.07) is 2.64. The van der Waals surface area contributed by atoms with E-state index in [0.29, 0.717) is 45.2 Å². The molecule has 2 fully saturated rings. The summed E-state index contributed by atoms with van der Waals surface area (Å²) < 4.78 is 62.7. The number of anilines is 1. The minimum atomic E-state index is -4.53. The van der Waals surface area contributed by atoms with Crippen molar-refractivity contribution in [2.75, 3.05) is 31.2 Å². The highest BCUT2D eigenvalue weighted by Crippen LogP contribution is 2.36.